The summed E-state index contributed by atoms with van der Waals surface area (Å²) in [5, 5.41) is 0. The summed E-state index contributed by atoms with van der Waals surface area (Å²) in [4.78, 5) is 24.0. The van der Waals surface area contributed by atoms with Crippen molar-refractivity contribution in [1.82, 2.24) is 13.5 Å². The van der Waals surface area contributed by atoms with E-state index in [0.29, 0.717) is 13.1 Å². The average molecular weight is 334 g/mol. The van der Waals surface area contributed by atoms with Gasteiger partial charge in [-0.05, 0) is 12.8 Å². The summed E-state index contributed by atoms with van der Waals surface area (Å²) in [7, 11) is -3.48. The molecule has 0 aliphatic carbocycles. The standard InChI is InChI=1S/C13H26N4O4S/c1-3-5-16(6-4-2)22(20,21)17-9-7-15(8-10-17)13(19)11-12(14)18/h3-11H2,1-2H3,(H2,14,18). The van der Waals surface area contributed by atoms with Gasteiger partial charge in [0.15, 0.2) is 0 Å². The highest BCUT2D eigenvalue weighted by Gasteiger charge is 2.32. The maximum atomic E-state index is 12.6. The van der Waals surface area contributed by atoms with Gasteiger partial charge in [-0.25, -0.2) is 0 Å². The topological polar surface area (TPSA) is 104 Å². The predicted octanol–water partition coefficient (Wildman–Crippen LogP) is -0.627. The number of rotatable bonds is 8. The molecule has 9 heteroatoms. The first-order valence-corrected chi connectivity index (χ1v) is 9.03. The molecule has 1 aliphatic rings. The number of nitrogens with zero attached hydrogens (tertiary/aromatic N) is 3. The Hall–Kier alpha value is -1.19. The largest absolute Gasteiger partial charge is 0.369 e. The van der Waals surface area contributed by atoms with Crippen molar-refractivity contribution in [3.8, 4) is 0 Å². The van der Waals surface area contributed by atoms with Gasteiger partial charge in [0.2, 0.25) is 11.8 Å². The van der Waals surface area contributed by atoms with E-state index in [-0.39, 0.29) is 38.5 Å². The van der Waals surface area contributed by atoms with Crippen LogP contribution in [0.25, 0.3) is 0 Å². The van der Waals surface area contributed by atoms with Crippen molar-refractivity contribution >= 4 is 22.0 Å². The van der Waals surface area contributed by atoms with Crippen molar-refractivity contribution in [1.29, 1.82) is 0 Å². The number of primary amides is 1. The Bertz CT molecular complexity index is 480. The highest BCUT2D eigenvalue weighted by molar-refractivity contribution is 7.86. The van der Waals surface area contributed by atoms with E-state index in [1.807, 2.05) is 13.8 Å². The first kappa shape index (κ1) is 18.9. The lowest BCUT2D eigenvalue weighted by Crippen LogP contribution is -2.54. The lowest BCUT2D eigenvalue weighted by Gasteiger charge is -2.36. The predicted molar refractivity (Wildman–Crippen MR) is 83.0 cm³/mol. The van der Waals surface area contributed by atoms with Crippen LogP contribution in [0.15, 0.2) is 0 Å². The minimum atomic E-state index is -3.48. The molecule has 1 saturated heterocycles. The Morgan fingerprint density at radius 1 is 1.05 bits per heavy atom. The van der Waals surface area contributed by atoms with E-state index in [1.165, 1.54) is 13.5 Å². The van der Waals surface area contributed by atoms with E-state index in [1.54, 1.807) is 0 Å². The Morgan fingerprint density at radius 3 is 1.95 bits per heavy atom. The van der Waals surface area contributed by atoms with Crippen molar-refractivity contribution in [3.63, 3.8) is 0 Å². The number of amides is 2. The van der Waals surface area contributed by atoms with Gasteiger partial charge in [0.05, 0.1) is 0 Å². The summed E-state index contributed by atoms with van der Waals surface area (Å²) in [5.41, 5.74) is 5.00. The van der Waals surface area contributed by atoms with E-state index >= 15 is 0 Å². The first-order chi connectivity index (χ1) is 10.3. The fraction of sp³-hybridized carbons (Fsp3) is 0.846. The molecule has 1 rings (SSSR count). The SMILES string of the molecule is CCCN(CCC)S(=O)(=O)N1CCN(C(=O)CC(N)=O)CC1. The van der Waals surface area contributed by atoms with Crippen molar-refractivity contribution < 1.29 is 18.0 Å². The molecule has 128 valence electrons. The summed E-state index contributed by atoms with van der Waals surface area (Å²) in [6.45, 7) is 5.95. The minimum absolute atomic E-state index is 0.247. The Morgan fingerprint density at radius 2 is 1.55 bits per heavy atom. The van der Waals surface area contributed by atoms with E-state index in [9.17, 15) is 18.0 Å². The summed E-state index contributed by atoms with van der Waals surface area (Å²) in [5.74, 6) is -1.01. The second-order valence-electron chi connectivity index (χ2n) is 5.33. The second kappa shape index (κ2) is 8.44. The molecule has 0 radical (unpaired) electrons. The molecule has 22 heavy (non-hydrogen) atoms. The minimum Gasteiger partial charge on any atom is -0.369 e. The van der Waals surface area contributed by atoms with Crippen LogP contribution in [0.4, 0.5) is 0 Å². The van der Waals surface area contributed by atoms with Gasteiger partial charge < -0.3 is 10.6 Å². The van der Waals surface area contributed by atoms with E-state index in [2.05, 4.69) is 0 Å². The summed E-state index contributed by atoms with van der Waals surface area (Å²) in [6, 6.07) is 0. The highest BCUT2D eigenvalue weighted by atomic mass is 32.2. The number of hydrogen-bond donors (Lipinski definition) is 1. The maximum Gasteiger partial charge on any atom is 0.282 e. The zero-order chi connectivity index (χ0) is 16.8. The quantitative estimate of drug-likeness (QED) is 0.597. The molecule has 1 fully saturated rings. The van der Waals surface area contributed by atoms with Gasteiger partial charge in [-0.15, -0.1) is 0 Å². The number of carbonyl (C=O) groups is 2. The number of piperazine rings is 1. The molecule has 8 nitrogen and oxygen atoms in total. The molecule has 0 aromatic carbocycles. The Kier molecular flexibility index (Phi) is 7.24. The average Bonchev–Trinajstić information content (AvgIpc) is 2.46. The van der Waals surface area contributed by atoms with E-state index in [4.69, 9.17) is 5.73 Å². The van der Waals surface area contributed by atoms with Gasteiger partial charge in [0.1, 0.15) is 6.42 Å². The van der Waals surface area contributed by atoms with Crippen LogP contribution in [0.2, 0.25) is 0 Å². The molecule has 2 N–H and O–H groups in total. The number of nitrogens with two attached hydrogens (primary N) is 1. The molecule has 2 amide bonds. The normalized spacial score (nSPS) is 17.0. The van der Waals surface area contributed by atoms with Crippen LogP contribution in [-0.4, -0.2) is 73.0 Å². The van der Waals surface area contributed by atoms with Crippen molar-refractivity contribution in [2.45, 2.75) is 33.1 Å². The van der Waals surface area contributed by atoms with Crippen LogP contribution < -0.4 is 5.73 Å². The molecular formula is C13H26N4O4S. The molecule has 0 saturated carbocycles. The number of hydrogen-bond acceptors (Lipinski definition) is 4. The molecule has 1 heterocycles. The second-order valence-corrected chi connectivity index (χ2v) is 7.26. The van der Waals surface area contributed by atoms with E-state index < -0.39 is 16.1 Å². The molecule has 0 aromatic heterocycles. The molecule has 0 atom stereocenters. The Balaban J connectivity index is 2.65. The fourth-order valence-electron chi connectivity index (χ4n) is 2.43. The van der Waals surface area contributed by atoms with Crippen molar-refractivity contribution in [3.05, 3.63) is 0 Å². The molecule has 0 aromatic rings. The van der Waals surface area contributed by atoms with Gasteiger partial charge in [-0.1, -0.05) is 13.8 Å². The smallest absolute Gasteiger partial charge is 0.282 e. The van der Waals surface area contributed by atoms with Crippen LogP contribution in [0.3, 0.4) is 0 Å². The van der Waals surface area contributed by atoms with Gasteiger partial charge in [-0.2, -0.15) is 17.0 Å². The zero-order valence-corrected chi connectivity index (χ0v) is 14.1. The molecule has 0 unspecified atom stereocenters. The van der Waals surface area contributed by atoms with Crippen LogP contribution in [-0.2, 0) is 19.8 Å². The third kappa shape index (κ3) is 4.92. The molecule has 1 aliphatic heterocycles. The van der Waals surface area contributed by atoms with Gasteiger partial charge in [0, 0.05) is 39.3 Å². The van der Waals surface area contributed by atoms with Gasteiger partial charge >= 0.3 is 0 Å². The van der Waals surface area contributed by atoms with Crippen LogP contribution in [0.1, 0.15) is 33.1 Å². The van der Waals surface area contributed by atoms with Crippen LogP contribution >= 0.6 is 0 Å². The third-order valence-electron chi connectivity index (χ3n) is 3.52. The van der Waals surface area contributed by atoms with Gasteiger partial charge in [0.25, 0.3) is 10.2 Å². The lowest BCUT2D eigenvalue weighted by atomic mass is 10.3. The van der Waals surface area contributed by atoms with Crippen molar-refractivity contribution in [2.75, 3.05) is 39.3 Å². The summed E-state index contributed by atoms with van der Waals surface area (Å²) < 4.78 is 28.1. The summed E-state index contributed by atoms with van der Waals surface area (Å²) in [6.07, 6.45) is 1.19. The highest BCUT2D eigenvalue weighted by Crippen LogP contribution is 2.14. The summed E-state index contributed by atoms with van der Waals surface area (Å²) >= 11 is 0. The van der Waals surface area contributed by atoms with E-state index in [0.717, 1.165) is 12.8 Å². The zero-order valence-electron chi connectivity index (χ0n) is 13.3. The molecule has 0 spiro atoms. The maximum absolute atomic E-state index is 12.6. The fourth-order valence-corrected chi connectivity index (χ4v) is 4.21. The van der Waals surface area contributed by atoms with Gasteiger partial charge in [-0.3, -0.25) is 9.59 Å². The van der Waals surface area contributed by atoms with Crippen LogP contribution in [0.5, 0.6) is 0 Å². The van der Waals surface area contributed by atoms with Crippen LogP contribution in [0, 0.1) is 0 Å². The Labute approximate surface area is 132 Å². The lowest BCUT2D eigenvalue weighted by molar-refractivity contribution is -0.136. The molecule has 0 bridgehead atoms. The third-order valence-corrected chi connectivity index (χ3v) is 5.55. The van der Waals surface area contributed by atoms with Crippen molar-refractivity contribution in [2.24, 2.45) is 5.73 Å². The first-order valence-electron chi connectivity index (χ1n) is 7.64. The molecular weight excluding hydrogens is 308 g/mol. The number of carbonyl (C=O) groups excluding carboxylic acids is 2. The monoisotopic (exact) mass is 334 g/mol.